The van der Waals surface area contributed by atoms with E-state index in [1.54, 1.807) is 32.9 Å². The minimum atomic E-state index is -0.647. The number of aromatic amines is 1. The van der Waals surface area contributed by atoms with Gasteiger partial charge in [0.2, 0.25) is 0 Å². The molecule has 0 atom stereocenters. The van der Waals surface area contributed by atoms with E-state index in [9.17, 15) is 14.0 Å². The Hall–Kier alpha value is -2.67. The highest BCUT2D eigenvalue weighted by Gasteiger charge is 2.28. The smallest absolute Gasteiger partial charge is 0.355 e. The summed E-state index contributed by atoms with van der Waals surface area (Å²) in [7, 11) is 1.31. The highest BCUT2D eigenvalue weighted by molar-refractivity contribution is 5.98. The zero-order valence-corrected chi connectivity index (χ0v) is 17.6. The Bertz CT molecular complexity index is 851. The molecule has 0 aliphatic carbocycles. The molecule has 1 aromatic heterocycles. The third-order valence-electron chi connectivity index (χ3n) is 4.33. The average molecular weight is 404 g/mol. The summed E-state index contributed by atoms with van der Waals surface area (Å²) in [5, 5.41) is 3.25. The minimum Gasteiger partial charge on any atom is -0.465 e. The van der Waals surface area contributed by atoms with Crippen LogP contribution in [0.15, 0.2) is 24.3 Å². The summed E-state index contributed by atoms with van der Waals surface area (Å²) in [6.45, 7) is 8.21. The third-order valence-corrected chi connectivity index (χ3v) is 4.33. The zero-order chi connectivity index (χ0) is 21.6. The molecule has 0 aliphatic rings. The molecule has 6 nitrogen and oxygen atoms in total. The topological polar surface area (TPSA) is 80.4 Å². The molecule has 2 aromatic rings. The molecule has 0 bridgehead atoms. The van der Waals surface area contributed by atoms with E-state index in [2.05, 4.69) is 10.3 Å². The summed E-state index contributed by atoms with van der Waals surface area (Å²) in [4.78, 5) is 28.0. The molecule has 0 spiro atoms. The van der Waals surface area contributed by atoms with Crippen molar-refractivity contribution in [1.82, 2.24) is 10.3 Å². The van der Waals surface area contributed by atoms with E-state index in [0.29, 0.717) is 42.8 Å². The van der Waals surface area contributed by atoms with Gasteiger partial charge in [0.25, 0.3) is 0 Å². The van der Waals surface area contributed by atoms with E-state index in [1.807, 2.05) is 6.92 Å². The van der Waals surface area contributed by atoms with Gasteiger partial charge in [0.1, 0.15) is 17.1 Å². The number of benzene rings is 1. The summed E-state index contributed by atoms with van der Waals surface area (Å²) in [6.07, 6.45) is 1.18. The first-order valence-electron chi connectivity index (χ1n) is 9.66. The van der Waals surface area contributed by atoms with Crippen molar-refractivity contribution in [3.63, 3.8) is 0 Å². The fraction of sp³-hybridized carbons (Fsp3) is 0.455. The van der Waals surface area contributed by atoms with Crippen LogP contribution in [0.5, 0.6) is 0 Å². The maximum absolute atomic E-state index is 13.0. The molecule has 0 amide bonds. The summed E-state index contributed by atoms with van der Waals surface area (Å²) >= 11 is 0. The van der Waals surface area contributed by atoms with Gasteiger partial charge in [-0.25, -0.2) is 14.0 Å². The van der Waals surface area contributed by atoms with Crippen molar-refractivity contribution < 1.29 is 23.5 Å². The fourth-order valence-corrected chi connectivity index (χ4v) is 3.03. The lowest BCUT2D eigenvalue weighted by molar-refractivity contribution is 0.00622. The van der Waals surface area contributed by atoms with Crippen molar-refractivity contribution in [2.24, 2.45) is 0 Å². The Morgan fingerprint density at radius 3 is 2.34 bits per heavy atom. The van der Waals surface area contributed by atoms with Crippen molar-refractivity contribution in [3.05, 3.63) is 58.2 Å². The van der Waals surface area contributed by atoms with Gasteiger partial charge in [-0.1, -0.05) is 19.1 Å². The van der Waals surface area contributed by atoms with Crippen LogP contribution in [0, 0.1) is 5.82 Å². The number of hydrogen-bond acceptors (Lipinski definition) is 5. The number of halogens is 1. The van der Waals surface area contributed by atoms with Gasteiger partial charge >= 0.3 is 11.9 Å². The Labute approximate surface area is 170 Å². The molecule has 1 heterocycles. The molecule has 1 aromatic carbocycles. The summed E-state index contributed by atoms with van der Waals surface area (Å²) in [6, 6.07) is 6.33. The van der Waals surface area contributed by atoms with Crippen LogP contribution in [0.2, 0.25) is 0 Å². The lowest BCUT2D eigenvalue weighted by atomic mass is 10.1. The van der Waals surface area contributed by atoms with E-state index < -0.39 is 17.5 Å². The molecule has 0 saturated carbocycles. The predicted octanol–water partition coefficient (Wildman–Crippen LogP) is 3.79. The molecule has 7 heteroatoms. The Morgan fingerprint density at radius 1 is 1.14 bits per heavy atom. The highest BCUT2D eigenvalue weighted by Crippen LogP contribution is 2.24. The van der Waals surface area contributed by atoms with Gasteiger partial charge in [-0.2, -0.15) is 0 Å². The van der Waals surface area contributed by atoms with E-state index in [-0.39, 0.29) is 11.5 Å². The number of methoxy groups -OCH3 is 1. The summed E-state index contributed by atoms with van der Waals surface area (Å²) < 4.78 is 23.4. The predicted molar refractivity (Wildman–Crippen MR) is 108 cm³/mol. The van der Waals surface area contributed by atoms with Crippen molar-refractivity contribution in [3.8, 4) is 0 Å². The van der Waals surface area contributed by atoms with Crippen molar-refractivity contribution in [2.75, 3.05) is 13.7 Å². The molecular formula is C22H29FN2O4. The minimum absolute atomic E-state index is 0.266. The number of carbonyl (C=O) groups is 2. The number of rotatable bonds is 8. The van der Waals surface area contributed by atoms with Gasteiger partial charge in [-0.05, 0) is 63.4 Å². The third kappa shape index (κ3) is 6.15. The molecule has 0 unspecified atom stereocenters. The average Bonchev–Trinajstić information content (AvgIpc) is 3.03. The lowest BCUT2D eigenvalue weighted by Gasteiger charge is -2.19. The summed E-state index contributed by atoms with van der Waals surface area (Å²) in [5.41, 5.74) is 2.16. The summed E-state index contributed by atoms with van der Waals surface area (Å²) in [5.74, 6) is -1.27. The number of hydrogen-bond donors (Lipinski definition) is 2. The molecule has 29 heavy (non-hydrogen) atoms. The number of carbonyl (C=O) groups excluding carboxylic acids is 2. The molecule has 0 saturated heterocycles. The Kier molecular flexibility index (Phi) is 7.56. The molecule has 0 radical (unpaired) electrons. The van der Waals surface area contributed by atoms with E-state index >= 15 is 0 Å². The van der Waals surface area contributed by atoms with Crippen LogP contribution in [-0.2, 0) is 28.9 Å². The second-order valence-corrected chi connectivity index (χ2v) is 7.73. The van der Waals surface area contributed by atoms with Gasteiger partial charge in [0, 0.05) is 12.2 Å². The first kappa shape index (κ1) is 22.6. The number of nitrogens with one attached hydrogen (secondary N) is 2. The van der Waals surface area contributed by atoms with Crippen molar-refractivity contribution >= 4 is 11.9 Å². The fourth-order valence-electron chi connectivity index (χ4n) is 3.03. The molecule has 2 rings (SSSR count). The van der Waals surface area contributed by atoms with Crippen LogP contribution in [0.25, 0.3) is 0 Å². The standard InChI is InChI=1S/C22H29FN2O4/c1-6-16-18(20(26)28-5)17(25-19(16)21(27)29-22(2,3)4)13-24-12-11-14-7-9-15(23)10-8-14/h7-10,24-25H,6,11-13H2,1-5H3. The molecule has 158 valence electrons. The first-order valence-corrected chi connectivity index (χ1v) is 9.66. The van der Waals surface area contributed by atoms with Gasteiger partial charge in [-0.3, -0.25) is 0 Å². The van der Waals surface area contributed by atoms with Crippen molar-refractivity contribution in [2.45, 2.75) is 52.7 Å². The quantitative estimate of drug-likeness (QED) is 0.517. The maximum Gasteiger partial charge on any atom is 0.355 e. The number of ether oxygens (including phenoxy) is 2. The van der Waals surface area contributed by atoms with Gasteiger partial charge < -0.3 is 19.8 Å². The second-order valence-electron chi connectivity index (χ2n) is 7.73. The SMILES string of the molecule is CCc1c(C(=O)OC(C)(C)C)[nH]c(CNCCc2ccc(F)cc2)c1C(=O)OC. The van der Waals surface area contributed by atoms with Crippen LogP contribution in [0.1, 0.15) is 65.4 Å². The number of aromatic nitrogens is 1. The second kappa shape index (κ2) is 9.69. The van der Waals surface area contributed by atoms with Crippen LogP contribution < -0.4 is 5.32 Å². The van der Waals surface area contributed by atoms with Crippen LogP contribution in [0.3, 0.4) is 0 Å². The largest absolute Gasteiger partial charge is 0.465 e. The zero-order valence-electron chi connectivity index (χ0n) is 17.6. The van der Waals surface area contributed by atoms with Crippen LogP contribution >= 0.6 is 0 Å². The number of esters is 2. The van der Waals surface area contributed by atoms with E-state index in [1.165, 1.54) is 19.2 Å². The van der Waals surface area contributed by atoms with Gasteiger partial charge in [0.05, 0.1) is 12.7 Å². The van der Waals surface area contributed by atoms with E-state index in [0.717, 1.165) is 5.56 Å². The van der Waals surface area contributed by atoms with Crippen LogP contribution in [-0.4, -0.2) is 36.2 Å². The van der Waals surface area contributed by atoms with Crippen LogP contribution in [0.4, 0.5) is 4.39 Å². The number of H-pyrrole nitrogens is 1. The van der Waals surface area contributed by atoms with Crippen molar-refractivity contribution in [1.29, 1.82) is 0 Å². The molecule has 2 N–H and O–H groups in total. The van der Waals surface area contributed by atoms with Gasteiger partial charge in [-0.15, -0.1) is 0 Å². The molecule has 0 aliphatic heterocycles. The monoisotopic (exact) mass is 404 g/mol. The lowest BCUT2D eigenvalue weighted by Crippen LogP contribution is -2.24. The molecule has 0 fully saturated rings. The Balaban J connectivity index is 2.17. The van der Waals surface area contributed by atoms with Gasteiger partial charge in [0.15, 0.2) is 0 Å². The Morgan fingerprint density at radius 2 is 1.79 bits per heavy atom. The molecular weight excluding hydrogens is 375 g/mol. The maximum atomic E-state index is 13.0. The first-order chi connectivity index (χ1) is 13.7. The normalized spacial score (nSPS) is 11.4. The van der Waals surface area contributed by atoms with E-state index in [4.69, 9.17) is 9.47 Å². The highest BCUT2D eigenvalue weighted by atomic mass is 19.1.